The number of amides is 1. The Hall–Kier alpha value is -2.67. The predicted octanol–water partition coefficient (Wildman–Crippen LogP) is 1.94. The second-order valence-corrected chi connectivity index (χ2v) is 5.80. The fourth-order valence-electron chi connectivity index (χ4n) is 2.93. The highest BCUT2D eigenvalue weighted by Gasteiger charge is 2.11. The van der Waals surface area contributed by atoms with Crippen LogP contribution in [0.5, 0.6) is 0 Å². The monoisotopic (exact) mass is 345 g/mol. The lowest BCUT2D eigenvalue weighted by molar-refractivity contribution is -0.121. The highest BCUT2D eigenvalue weighted by molar-refractivity contribution is 5.79. The van der Waals surface area contributed by atoms with E-state index in [1.807, 2.05) is 0 Å². The molecule has 0 saturated carbocycles. The lowest BCUT2D eigenvalue weighted by atomic mass is 10.2. The predicted molar refractivity (Wildman–Crippen MR) is 93.2 cm³/mol. The van der Waals surface area contributed by atoms with Crippen molar-refractivity contribution in [3.05, 3.63) is 52.7 Å². The van der Waals surface area contributed by atoms with Crippen molar-refractivity contribution in [2.45, 2.75) is 19.4 Å². The Morgan fingerprint density at radius 3 is 2.88 bits per heavy atom. The van der Waals surface area contributed by atoms with Crippen LogP contribution in [-0.2, 0) is 16.1 Å². The molecule has 0 spiro atoms. The number of methoxy groups -OCH3 is 1. The quantitative estimate of drug-likeness (QED) is 0.666. The topological polar surface area (TPSA) is 64.7 Å². The first-order chi connectivity index (χ1) is 12.1. The molecule has 132 valence electrons. The molecule has 0 aliphatic heterocycles. The molecule has 2 heterocycles. The standard InChI is InChI=1S/C18H20FN3O3/c1-25-11-8-20-17(23)5-3-10-22-16-12-13(19)6-7-14(16)21-9-2-4-15(21)18(22)24/h2,4,6-7,9,12H,3,5,8,10-11H2,1H3,(H,20,23). The van der Waals surface area contributed by atoms with Crippen LogP contribution >= 0.6 is 0 Å². The van der Waals surface area contributed by atoms with Crippen molar-refractivity contribution in [1.29, 1.82) is 0 Å². The van der Waals surface area contributed by atoms with Gasteiger partial charge in [-0.2, -0.15) is 0 Å². The number of rotatable bonds is 7. The van der Waals surface area contributed by atoms with Gasteiger partial charge in [-0.3, -0.25) is 9.59 Å². The van der Waals surface area contributed by atoms with E-state index in [4.69, 9.17) is 4.74 Å². The molecule has 0 bridgehead atoms. The van der Waals surface area contributed by atoms with Crippen LogP contribution in [0.15, 0.2) is 41.3 Å². The first kappa shape index (κ1) is 17.2. The van der Waals surface area contributed by atoms with E-state index in [2.05, 4.69) is 5.32 Å². The molecule has 0 aliphatic rings. The number of hydrogen-bond donors (Lipinski definition) is 1. The summed E-state index contributed by atoms with van der Waals surface area (Å²) in [7, 11) is 1.57. The van der Waals surface area contributed by atoms with Gasteiger partial charge in [0, 0.05) is 32.8 Å². The van der Waals surface area contributed by atoms with Crippen molar-refractivity contribution in [3.63, 3.8) is 0 Å². The molecule has 1 amide bonds. The van der Waals surface area contributed by atoms with Crippen molar-refractivity contribution in [2.75, 3.05) is 20.3 Å². The molecular weight excluding hydrogens is 325 g/mol. The zero-order chi connectivity index (χ0) is 17.8. The van der Waals surface area contributed by atoms with Crippen LogP contribution in [-0.4, -0.2) is 35.1 Å². The molecule has 1 N–H and O–H groups in total. The average Bonchev–Trinajstić information content (AvgIpc) is 3.08. The smallest absolute Gasteiger partial charge is 0.275 e. The molecule has 0 fully saturated rings. The first-order valence-electron chi connectivity index (χ1n) is 8.16. The van der Waals surface area contributed by atoms with Gasteiger partial charge in [0.2, 0.25) is 5.91 Å². The zero-order valence-corrected chi connectivity index (χ0v) is 14.0. The minimum absolute atomic E-state index is 0.0932. The molecule has 0 atom stereocenters. The van der Waals surface area contributed by atoms with Gasteiger partial charge in [-0.15, -0.1) is 0 Å². The molecule has 0 unspecified atom stereocenters. The van der Waals surface area contributed by atoms with Crippen LogP contribution < -0.4 is 10.9 Å². The molecule has 7 heteroatoms. The van der Waals surface area contributed by atoms with Gasteiger partial charge in [-0.05, 0) is 36.8 Å². The van der Waals surface area contributed by atoms with Crippen molar-refractivity contribution in [2.24, 2.45) is 0 Å². The van der Waals surface area contributed by atoms with Crippen molar-refractivity contribution < 1.29 is 13.9 Å². The summed E-state index contributed by atoms with van der Waals surface area (Å²) < 4.78 is 21.9. The van der Waals surface area contributed by atoms with Crippen LogP contribution in [0.2, 0.25) is 0 Å². The van der Waals surface area contributed by atoms with Crippen molar-refractivity contribution >= 4 is 22.5 Å². The van der Waals surface area contributed by atoms with Gasteiger partial charge in [0.25, 0.3) is 5.56 Å². The summed E-state index contributed by atoms with van der Waals surface area (Å²) in [4.78, 5) is 24.5. The minimum atomic E-state index is -0.399. The molecule has 3 rings (SSSR count). The van der Waals surface area contributed by atoms with Gasteiger partial charge in [-0.25, -0.2) is 4.39 Å². The number of aromatic nitrogens is 2. The molecular formula is C18H20FN3O3. The second kappa shape index (κ2) is 7.48. The SMILES string of the molecule is COCCNC(=O)CCCn1c(=O)c2cccn2c2ccc(F)cc21. The second-order valence-electron chi connectivity index (χ2n) is 5.80. The summed E-state index contributed by atoms with van der Waals surface area (Å²) in [5.74, 6) is -0.492. The molecule has 0 aliphatic carbocycles. The molecule has 25 heavy (non-hydrogen) atoms. The summed E-state index contributed by atoms with van der Waals surface area (Å²) in [5, 5.41) is 2.74. The van der Waals surface area contributed by atoms with Crippen molar-refractivity contribution in [1.82, 2.24) is 14.3 Å². The van der Waals surface area contributed by atoms with Gasteiger partial charge in [0.1, 0.15) is 11.3 Å². The van der Waals surface area contributed by atoms with Gasteiger partial charge in [-0.1, -0.05) is 0 Å². The largest absolute Gasteiger partial charge is 0.383 e. The van der Waals surface area contributed by atoms with Crippen LogP contribution in [0.3, 0.4) is 0 Å². The number of carbonyl (C=O) groups is 1. The number of nitrogens with one attached hydrogen (secondary N) is 1. The summed E-state index contributed by atoms with van der Waals surface area (Å²) in [6.45, 7) is 1.26. The van der Waals surface area contributed by atoms with Crippen LogP contribution in [0, 0.1) is 5.82 Å². The maximum Gasteiger partial charge on any atom is 0.275 e. The normalized spacial score (nSPS) is 11.3. The van der Waals surface area contributed by atoms with E-state index in [0.29, 0.717) is 43.6 Å². The molecule has 6 nitrogen and oxygen atoms in total. The Morgan fingerprint density at radius 1 is 1.24 bits per heavy atom. The van der Waals surface area contributed by atoms with Crippen molar-refractivity contribution in [3.8, 4) is 0 Å². The van der Waals surface area contributed by atoms with E-state index in [9.17, 15) is 14.0 Å². The van der Waals surface area contributed by atoms with E-state index in [-0.39, 0.29) is 11.5 Å². The third kappa shape index (κ3) is 3.56. The Labute approximate surface area is 143 Å². The van der Waals surface area contributed by atoms with E-state index in [1.54, 1.807) is 35.9 Å². The number of carbonyl (C=O) groups excluding carboxylic acids is 1. The summed E-state index contributed by atoms with van der Waals surface area (Å²) in [6, 6.07) is 7.91. The molecule has 2 aromatic heterocycles. The highest BCUT2D eigenvalue weighted by atomic mass is 19.1. The fraction of sp³-hybridized carbons (Fsp3) is 0.333. The van der Waals surface area contributed by atoms with Crippen LogP contribution in [0.25, 0.3) is 16.6 Å². The maximum atomic E-state index is 13.7. The van der Waals surface area contributed by atoms with Crippen LogP contribution in [0.1, 0.15) is 12.8 Å². The Kier molecular flexibility index (Phi) is 5.14. The van der Waals surface area contributed by atoms with E-state index in [1.165, 1.54) is 16.7 Å². The number of fused-ring (bicyclic) bond motifs is 3. The molecule has 0 saturated heterocycles. The fourth-order valence-corrected chi connectivity index (χ4v) is 2.93. The first-order valence-corrected chi connectivity index (χ1v) is 8.16. The van der Waals surface area contributed by atoms with Gasteiger partial charge < -0.3 is 19.0 Å². The van der Waals surface area contributed by atoms with Gasteiger partial charge in [0.05, 0.1) is 17.6 Å². The average molecular weight is 345 g/mol. The number of benzene rings is 1. The number of halogens is 1. The van der Waals surface area contributed by atoms with E-state index < -0.39 is 5.82 Å². The number of hydrogen-bond acceptors (Lipinski definition) is 3. The summed E-state index contributed by atoms with van der Waals surface area (Å²) in [5.41, 5.74) is 1.62. The molecule has 3 aromatic rings. The number of nitrogens with zero attached hydrogens (tertiary/aromatic N) is 2. The summed E-state index contributed by atoms with van der Waals surface area (Å²) in [6.07, 6.45) is 2.56. The Morgan fingerprint density at radius 2 is 2.08 bits per heavy atom. The summed E-state index contributed by atoms with van der Waals surface area (Å²) >= 11 is 0. The van der Waals surface area contributed by atoms with E-state index >= 15 is 0 Å². The third-order valence-corrected chi connectivity index (χ3v) is 4.11. The minimum Gasteiger partial charge on any atom is -0.383 e. The van der Waals surface area contributed by atoms with E-state index in [0.717, 1.165) is 5.52 Å². The van der Waals surface area contributed by atoms with Gasteiger partial charge in [0.15, 0.2) is 0 Å². The zero-order valence-electron chi connectivity index (χ0n) is 14.0. The van der Waals surface area contributed by atoms with Gasteiger partial charge >= 0.3 is 0 Å². The lowest BCUT2D eigenvalue weighted by Gasteiger charge is -2.13. The Bertz CT molecular complexity index is 961. The van der Waals surface area contributed by atoms with Crippen LogP contribution in [0.4, 0.5) is 4.39 Å². The third-order valence-electron chi connectivity index (χ3n) is 4.11. The number of aryl methyl sites for hydroxylation is 1. The maximum absolute atomic E-state index is 13.7. The molecule has 1 aromatic carbocycles. The lowest BCUT2D eigenvalue weighted by Crippen LogP contribution is -2.28. The number of ether oxygens (including phenoxy) is 1. The molecule has 0 radical (unpaired) electrons. The highest BCUT2D eigenvalue weighted by Crippen LogP contribution is 2.17. The Balaban J connectivity index is 1.84.